The SMILES string of the molecule is C=CC[C@H]1Cc2cc(F)c(C3(NC(=O)OC(C)(C)C)CC3)cc2[C@]1(C(=O)OC)N(C)C(=O)OC(C)(C)C. The summed E-state index contributed by atoms with van der Waals surface area (Å²) in [5.74, 6) is -1.62. The maximum absolute atomic E-state index is 15.6. The highest BCUT2D eigenvalue weighted by Crippen LogP contribution is 2.53. The molecule has 9 heteroatoms. The van der Waals surface area contributed by atoms with Crippen molar-refractivity contribution in [2.24, 2.45) is 5.92 Å². The van der Waals surface area contributed by atoms with E-state index in [1.54, 1.807) is 53.7 Å². The molecule has 1 fully saturated rings. The van der Waals surface area contributed by atoms with Gasteiger partial charge in [-0.15, -0.1) is 6.58 Å². The number of alkyl carbamates (subject to hydrolysis) is 1. The van der Waals surface area contributed by atoms with Crippen molar-refractivity contribution in [3.05, 3.63) is 47.3 Å². The number of amides is 2. The lowest BCUT2D eigenvalue weighted by atomic mass is 9.79. The van der Waals surface area contributed by atoms with Crippen LogP contribution in [0, 0.1) is 11.7 Å². The van der Waals surface area contributed by atoms with E-state index in [9.17, 15) is 14.4 Å². The van der Waals surface area contributed by atoms with Crippen LogP contribution in [0.25, 0.3) is 0 Å². The minimum atomic E-state index is -1.58. The number of nitrogens with zero attached hydrogens (tertiary/aromatic N) is 1. The number of fused-ring (bicyclic) bond motifs is 1. The number of hydrogen-bond acceptors (Lipinski definition) is 6. The molecule has 0 radical (unpaired) electrons. The summed E-state index contributed by atoms with van der Waals surface area (Å²) in [6.07, 6.45) is 2.01. The van der Waals surface area contributed by atoms with Gasteiger partial charge >= 0.3 is 18.2 Å². The van der Waals surface area contributed by atoms with Gasteiger partial charge in [0.05, 0.1) is 12.6 Å². The van der Waals surface area contributed by atoms with Crippen molar-refractivity contribution in [3.63, 3.8) is 0 Å². The number of methoxy groups -OCH3 is 1. The van der Waals surface area contributed by atoms with Gasteiger partial charge in [0.1, 0.15) is 17.0 Å². The Morgan fingerprint density at radius 1 is 1.11 bits per heavy atom. The number of allylic oxidation sites excluding steroid dienone is 1. The highest BCUT2D eigenvalue weighted by Gasteiger charge is 2.59. The van der Waals surface area contributed by atoms with Gasteiger partial charge in [-0.2, -0.15) is 0 Å². The first-order chi connectivity index (χ1) is 17.0. The maximum Gasteiger partial charge on any atom is 0.411 e. The van der Waals surface area contributed by atoms with Crippen LogP contribution < -0.4 is 5.32 Å². The second-order valence-corrected chi connectivity index (χ2v) is 11.9. The standard InChI is InChI=1S/C28H39FN2O6/c1-10-11-18-14-17-15-21(29)20(27(12-13-27)30-23(33)36-25(2,3)4)16-19(17)28(18,22(32)35-9)31(8)24(34)37-26(5,6)7/h10,15-16,18H,1,11-14H2,2-9H3,(H,30,33)/t18-,28+/m0/s1. The van der Waals surface area contributed by atoms with Gasteiger partial charge in [-0.3, -0.25) is 4.90 Å². The number of carbonyl (C=O) groups excluding carboxylic acids is 3. The Labute approximate surface area is 218 Å². The fraction of sp³-hybridized carbons (Fsp3) is 0.607. The summed E-state index contributed by atoms with van der Waals surface area (Å²) in [4.78, 5) is 40.7. The van der Waals surface area contributed by atoms with E-state index in [4.69, 9.17) is 14.2 Å². The summed E-state index contributed by atoms with van der Waals surface area (Å²) >= 11 is 0. The van der Waals surface area contributed by atoms with Crippen LogP contribution >= 0.6 is 0 Å². The number of hydrogen-bond donors (Lipinski definition) is 1. The van der Waals surface area contributed by atoms with Crippen LogP contribution in [0.15, 0.2) is 24.8 Å². The van der Waals surface area contributed by atoms with Crippen LogP contribution in [0.4, 0.5) is 14.0 Å². The molecule has 1 aromatic carbocycles. The molecule has 1 aromatic rings. The van der Waals surface area contributed by atoms with Crippen molar-refractivity contribution in [3.8, 4) is 0 Å². The Balaban J connectivity index is 2.16. The first-order valence-corrected chi connectivity index (χ1v) is 12.5. The predicted molar refractivity (Wildman–Crippen MR) is 136 cm³/mol. The number of halogens is 1. The summed E-state index contributed by atoms with van der Waals surface area (Å²) in [5.41, 5.74) is -2.79. The van der Waals surface area contributed by atoms with Gasteiger partial charge < -0.3 is 19.5 Å². The summed E-state index contributed by atoms with van der Waals surface area (Å²) < 4.78 is 31.8. The molecule has 0 heterocycles. The lowest BCUT2D eigenvalue weighted by Gasteiger charge is -2.41. The smallest absolute Gasteiger partial charge is 0.411 e. The molecule has 0 bridgehead atoms. The van der Waals surface area contributed by atoms with Crippen molar-refractivity contribution in [2.45, 2.75) is 89.5 Å². The van der Waals surface area contributed by atoms with Crippen molar-refractivity contribution in [1.82, 2.24) is 10.2 Å². The second kappa shape index (κ2) is 9.65. The Bertz CT molecular complexity index is 1100. The molecule has 2 amide bonds. The molecule has 0 aliphatic heterocycles. The van der Waals surface area contributed by atoms with Gasteiger partial charge in [0, 0.05) is 18.5 Å². The molecule has 37 heavy (non-hydrogen) atoms. The van der Waals surface area contributed by atoms with Crippen LogP contribution in [0.2, 0.25) is 0 Å². The predicted octanol–water partition coefficient (Wildman–Crippen LogP) is 5.32. The molecule has 0 saturated heterocycles. The minimum Gasteiger partial charge on any atom is -0.467 e. The van der Waals surface area contributed by atoms with Gasteiger partial charge in [0.2, 0.25) is 0 Å². The zero-order valence-corrected chi connectivity index (χ0v) is 23.1. The molecule has 2 aliphatic carbocycles. The highest BCUT2D eigenvalue weighted by atomic mass is 19.1. The van der Waals surface area contributed by atoms with Crippen LogP contribution in [-0.2, 0) is 36.5 Å². The molecule has 1 N–H and O–H groups in total. The number of benzene rings is 1. The number of likely N-dealkylation sites (N-methyl/N-ethyl adjacent to an activating group) is 1. The highest BCUT2D eigenvalue weighted by molar-refractivity contribution is 5.89. The third-order valence-corrected chi connectivity index (χ3v) is 6.81. The third-order valence-electron chi connectivity index (χ3n) is 6.81. The second-order valence-electron chi connectivity index (χ2n) is 11.9. The third kappa shape index (κ3) is 5.45. The zero-order valence-electron chi connectivity index (χ0n) is 23.1. The molecule has 2 atom stereocenters. The van der Waals surface area contributed by atoms with E-state index in [1.165, 1.54) is 25.1 Å². The number of nitrogens with one attached hydrogen (secondary N) is 1. The fourth-order valence-corrected chi connectivity index (χ4v) is 5.18. The Morgan fingerprint density at radius 2 is 1.70 bits per heavy atom. The lowest BCUT2D eigenvalue weighted by molar-refractivity contribution is -0.158. The van der Waals surface area contributed by atoms with E-state index in [-0.39, 0.29) is 5.56 Å². The molecular formula is C28H39FN2O6. The maximum atomic E-state index is 15.6. The number of esters is 1. The first-order valence-electron chi connectivity index (χ1n) is 12.5. The van der Waals surface area contributed by atoms with Gasteiger partial charge in [-0.1, -0.05) is 6.08 Å². The fourth-order valence-electron chi connectivity index (χ4n) is 5.18. The van der Waals surface area contributed by atoms with Gasteiger partial charge in [-0.05, 0) is 90.5 Å². The van der Waals surface area contributed by atoms with Crippen LogP contribution in [0.5, 0.6) is 0 Å². The van der Waals surface area contributed by atoms with Crippen LogP contribution in [0.1, 0.15) is 77.5 Å². The molecule has 0 unspecified atom stereocenters. The molecule has 1 saturated carbocycles. The summed E-state index contributed by atoms with van der Waals surface area (Å²) in [6.45, 7) is 14.3. The Kier molecular flexibility index (Phi) is 7.43. The molecule has 0 spiro atoms. The minimum absolute atomic E-state index is 0.238. The molecule has 0 aromatic heterocycles. The summed E-state index contributed by atoms with van der Waals surface area (Å²) in [7, 11) is 2.75. The average Bonchev–Trinajstić information content (AvgIpc) is 3.44. The topological polar surface area (TPSA) is 94.2 Å². The van der Waals surface area contributed by atoms with Crippen LogP contribution in [0.3, 0.4) is 0 Å². The van der Waals surface area contributed by atoms with Crippen molar-refractivity contribution >= 4 is 18.2 Å². The van der Waals surface area contributed by atoms with E-state index in [0.29, 0.717) is 36.8 Å². The van der Waals surface area contributed by atoms with E-state index in [1.807, 2.05) is 0 Å². The molecule has 2 aliphatic rings. The lowest BCUT2D eigenvalue weighted by Crippen LogP contribution is -2.57. The Hall–Kier alpha value is -3.10. The van der Waals surface area contributed by atoms with Gasteiger partial charge in [-0.25, -0.2) is 18.8 Å². The Morgan fingerprint density at radius 3 is 2.19 bits per heavy atom. The van der Waals surface area contributed by atoms with E-state index >= 15 is 4.39 Å². The van der Waals surface area contributed by atoms with E-state index in [0.717, 1.165) is 0 Å². The number of carbonyl (C=O) groups is 3. The van der Waals surface area contributed by atoms with Crippen molar-refractivity contribution in [2.75, 3.05) is 14.2 Å². The van der Waals surface area contributed by atoms with Gasteiger partial charge in [0.25, 0.3) is 0 Å². The molecule has 8 nitrogen and oxygen atoms in total. The van der Waals surface area contributed by atoms with Crippen molar-refractivity contribution in [1.29, 1.82) is 0 Å². The number of ether oxygens (including phenoxy) is 3. The first kappa shape index (κ1) is 28.5. The van der Waals surface area contributed by atoms with Crippen molar-refractivity contribution < 1.29 is 33.0 Å². The average molecular weight is 519 g/mol. The quantitative estimate of drug-likeness (QED) is 0.311. The normalized spacial score (nSPS) is 21.9. The van der Waals surface area contributed by atoms with E-state index < -0.39 is 52.2 Å². The van der Waals surface area contributed by atoms with E-state index in [2.05, 4.69) is 11.9 Å². The summed E-state index contributed by atoms with van der Waals surface area (Å²) in [5, 5.41) is 2.82. The monoisotopic (exact) mass is 518 g/mol. The zero-order chi connectivity index (χ0) is 28.0. The molecule has 204 valence electrons. The molecule has 3 rings (SSSR count). The summed E-state index contributed by atoms with van der Waals surface area (Å²) in [6, 6.07) is 2.99. The van der Waals surface area contributed by atoms with Gasteiger partial charge in [0.15, 0.2) is 5.54 Å². The molecular weight excluding hydrogens is 479 g/mol. The van der Waals surface area contributed by atoms with Crippen LogP contribution in [-0.4, -0.2) is 48.4 Å². The largest absolute Gasteiger partial charge is 0.467 e. The number of rotatable bonds is 6.